The second kappa shape index (κ2) is 9.05. The first-order valence-electron chi connectivity index (χ1n) is 10.2. The lowest BCUT2D eigenvalue weighted by atomic mass is 9.92. The summed E-state index contributed by atoms with van der Waals surface area (Å²) in [6, 6.07) is 0.450. The molecule has 0 radical (unpaired) electrons. The van der Waals surface area contributed by atoms with Crippen LogP contribution in [0.15, 0.2) is 0 Å². The molecular weight excluding hydrogens is 443 g/mol. The van der Waals surface area contributed by atoms with Crippen molar-refractivity contribution in [1.82, 2.24) is 25.5 Å². The van der Waals surface area contributed by atoms with Crippen molar-refractivity contribution < 1.29 is 14.4 Å². The van der Waals surface area contributed by atoms with E-state index in [1.807, 2.05) is 13.8 Å². The topological polar surface area (TPSA) is 131 Å². The van der Waals surface area contributed by atoms with Crippen LogP contribution in [0.25, 0.3) is 0 Å². The lowest BCUT2D eigenvalue weighted by Crippen LogP contribution is -2.51. The minimum Gasteiger partial charge on any atom is -0.351 e. The van der Waals surface area contributed by atoms with Crippen LogP contribution in [0.1, 0.15) is 56.6 Å². The number of nitrogens with one attached hydrogen (secondary N) is 3. The molecule has 1 aromatic rings. The Labute approximate surface area is 190 Å². The number of carbonyl (C=O) groups is 3. The maximum absolute atomic E-state index is 13.1. The van der Waals surface area contributed by atoms with Crippen molar-refractivity contribution in [1.29, 1.82) is 5.26 Å². The minimum atomic E-state index is -0.838. The van der Waals surface area contributed by atoms with Crippen LogP contribution in [-0.2, 0) is 9.59 Å². The summed E-state index contributed by atoms with van der Waals surface area (Å²) < 4.78 is 0. The van der Waals surface area contributed by atoms with E-state index in [4.69, 9.17) is 23.2 Å². The third-order valence-corrected chi connectivity index (χ3v) is 6.39. The van der Waals surface area contributed by atoms with Crippen LogP contribution in [0.4, 0.5) is 0 Å². The number of rotatable bonds is 8. The first-order chi connectivity index (χ1) is 14.5. The number of hydrogen-bond donors (Lipinski definition) is 3. The number of imidazole rings is 1. The molecule has 31 heavy (non-hydrogen) atoms. The van der Waals surface area contributed by atoms with Gasteiger partial charge in [0, 0.05) is 18.5 Å². The van der Waals surface area contributed by atoms with Gasteiger partial charge in [0.1, 0.15) is 17.2 Å². The number of aromatic amines is 1. The number of H-pyrrole nitrogens is 1. The molecule has 1 saturated heterocycles. The normalized spacial score (nSPS) is 21.7. The van der Waals surface area contributed by atoms with E-state index >= 15 is 0 Å². The molecule has 2 heterocycles. The molecule has 3 N–H and O–H groups in total. The molecule has 1 aliphatic heterocycles. The van der Waals surface area contributed by atoms with Gasteiger partial charge in [-0.05, 0) is 39.0 Å². The first kappa shape index (κ1) is 23.4. The van der Waals surface area contributed by atoms with Crippen LogP contribution in [0.5, 0.6) is 0 Å². The summed E-state index contributed by atoms with van der Waals surface area (Å²) >= 11 is 11.7. The second-order valence-corrected chi connectivity index (χ2v) is 9.74. The highest BCUT2D eigenvalue weighted by atomic mass is 35.5. The standard InChI is InChI=1S/C20H26Cl2N6O3/c1-20(2)8-11(17(29)27-20)7-12(9-23)24-18(30)13(6-10-4-5-10)28(3)19(31)16-25-14(21)15(22)26-16/h10-13H,4-8H2,1-3H3,(H,24,30)(H,25,26)(H,27,29). The summed E-state index contributed by atoms with van der Waals surface area (Å²) in [7, 11) is 1.51. The Morgan fingerprint density at radius 2 is 2.03 bits per heavy atom. The van der Waals surface area contributed by atoms with Gasteiger partial charge in [-0.25, -0.2) is 4.98 Å². The van der Waals surface area contributed by atoms with E-state index in [0.717, 1.165) is 12.8 Å². The van der Waals surface area contributed by atoms with Crippen molar-refractivity contribution in [3.63, 3.8) is 0 Å². The van der Waals surface area contributed by atoms with Gasteiger partial charge in [-0.3, -0.25) is 14.4 Å². The third kappa shape index (κ3) is 5.69. The van der Waals surface area contributed by atoms with Crippen LogP contribution >= 0.6 is 23.2 Å². The molecule has 1 saturated carbocycles. The summed E-state index contributed by atoms with van der Waals surface area (Å²) in [4.78, 5) is 45.9. The molecule has 3 amide bonds. The molecule has 9 nitrogen and oxygen atoms in total. The molecule has 2 aliphatic rings. The Hall–Kier alpha value is -2.31. The highest BCUT2D eigenvalue weighted by molar-refractivity contribution is 6.40. The lowest BCUT2D eigenvalue weighted by Gasteiger charge is -2.28. The number of nitrogens with zero attached hydrogens (tertiary/aromatic N) is 3. The molecule has 0 bridgehead atoms. The van der Waals surface area contributed by atoms with Gasteiger partial charge in [0.2, 0.25) is 11.8 Å². The Morgan fingerprint density at radius 3 is 2.52 bits per heavy atom. The molecule has 1 aliphatic carbocycles. The van der Waals surface area contributed by atoms with Crippen LogP contribution in [0, 0.1) is 23.2 Å². The summed E-state index contributed by atoms with van der Waals surface area (Å²) in [5, 5.41) is 15.2. The maximum atomic E-state index is 13.1. The van der Waals surface area contributed by atoms with E-state index < -0.39 is 23.9 Å². The smallest absolute Gasteiger partial charge is 0.290 e. The van der Waals surface area contributed by atoms with Gasteiger partial charge in [0.25, 0.3) is 5.91 Å². The monoisotopic (exact) mass is 468 g/mol. The van der Waals surface area contributed by atoms with E-state index in [2.05, 4.69) is 26.7 Å². The zero-order valence-corrected chi connectivity index (χ0v) is 19.2. The highest BCUT2D eigenvalue weighted by Crippen LogP contribution is 2.35. The number of halogens is 2. The minimum absolute atomic E-state index is 0.0241. The molecular formula is C20H26Cl2N6O3. The Morgan fingerprint density at radius 1 is 1.35 bits per heavy atom. The number of nitriles is 1. The number of carbonyl (C=O) groups excluding carboxylic acids is 3. The van der Waals surface area contributed by atoms with Crippen molar-refractivity contribution in [2.75, 3.05) is 7.05 Å². The fourth-order valence-electron chi connectivity index (χ4n) is 3.93. The summed E-state index contributed by atoms with van der Waals surface area (Å²) in [5.74, 6) is -1.15. The Kier molecular flexibility index (Phi) is 6.82. The lowest BCUT2D eigenvalue weighted by molar-refractivity contribution is -0.127. The van der Waals surface area contributed by atoms with Gasteiger partial charge in [-0.15, -0.1) is 0 Å². The molecule has 0 aromatic carbocycles. The van der Waals surface area contributed by atoms with Gasteiger partial charge >= 0.3 is 0 Å². The predicted octanol–water partition coefficient (Wildman–Crippen LogP) is 2.27. The van der Waals surface area contributed by atoms with Crippen LogP contribution in [-0.4, -0.2) is 57.3 Å². The summed E-state index contributed by atoms with van der Waals surface area (Å²) in [6.45, 7) is 3.84. The molecule has 2 fully saturated rings. The van der Waals surface area contributed by atoms with Crippen molar-refractivity contribution in [3.8, 4) is 6.07 Å². The van der Waals surface area contributed by atoms with Crippen molar-refractivity contribution in [2.45, 2.75) is 63.6 Å². The fourth-order valence-corrected chi connectivity index (χ4v) is 4.20. The highest BCUT2D eigenvalue weighted by Gasteiger charge is 2.40. The van der Waals surface area contributed by atoms with Crippen molar-refractivity contribution >= 4 is 40.9 Å². The quantitative estimate of drug-likeness (QED) is 0.538. The van der Waals surface area contributed by atoms with Crippen molar-refractivity contribution in [2.24, 2.45) is 11.8 Å². The average Bonchev–Trinajstić information content (AvgIpc) is 3.40. The Bertz CT molecular complexity index is 901. The van der Waals surface area contributed by atoms with E-state index in [1.54, 1.807) is 0 Å². The van der Waals surface area contributed by atoms with Gasteiger partial charge in [-0.2, -0.15) is 5.26 Å². The number of aromatic nitrogens is 2. The van der Waals surface area contributed by atoms with Crippen LogP contribution in [0.2, 0.25) is 10.3 Å². The predicted molar refractivity (Wildman–Crippen MR) is 114 cm³/mol. The molecule has 3 atom stereocenters. The number of hydrogen-bond acceptors (Lipinski definition) is 5. The van der Waals surface area contributed by atoms with E-state index in [0.29, 0.717) is 18.8 Å². The largest absolute Gasteiger partial charge is 0.351 e. The molecule has 0 spiro atoms. The van der Waals surface area contributed by atoms with E-state index in [-0.39, 0.29) is 39.9 Å². The molecule has 11 heteroatoms. The SMILES string of the molecule is CN(C(=O)c1nc(Cl)c(Cl)[nH]1)C(CC1CC1)C(=O)NC(C#N)CC1CC(C)(C)NC1=O. The van der Waals surface area contributed by atoms with Gasteiger partial charge in [-0.1, -0.05) is 36.0 Å². The van der Waals surface area contributed by atoms with Crippen molar-refractivity contribution in [3.05, 3.63) is 16.1 Å². The van der Waals surface area contributed by atoms with Crippen LogP contribution < -0.4 is 10.6 Å². The van der Waals surface area contributed by atoms with Crippen LogP contribution in [0.3, 0.4) is 0 Å². The summed E-state index contributed by atoms with van der Waals surface area (Å²) in [6.07, 6.45) is 3.26. The Balaban J connectivity index is 1.69. The average molecular weight is 469 g/mol. The van der Waals surface area contributed by atoms with E-state index in [1.165, 1.54) is 11.9 Å². The molecule has 1 aromatic heterocycles. The molecule has 3 rings (SSSR count). The third-order valence-electron chi connectivity index (χ3n) is 5.75. The zero-order chi connectivity index (χ0) is 22.9. The second-order valence-electron chi connectivity index (χ2n) is 9.00. The maximum Gasteiger partial charge on any atom is 0.290 e. The number of amides is 3. The summed E-state index contributed by atoms with van der Waals surface area (Å²) in [5.41, 5.74) is -0.335. The van der Waals surface area contributed by atoms with Gasteiger partial charge in [0.15, 0.2) is 11.0 Å². The fraction of sp³-hybridized carbons (Fsp3) is 0.650. The molecule has 168 valence electrons. The number of likely N-dealkylation sites (N-methyl/N-ethyl adjacent to an activating group) is 1. The van der Waals surface area contributed by atoms with Gasteiger partial charge in [0.05, 0.1) is 6.07 Å². The zero-order valence-electron chi connectivity index (χ0n) is 17.7. The van der Waals surface area contributed by atoms with Gasteiger partial charge < -0.3 is 20.5 Å². The first-order valence-corrected chi connectivity index (χ1v) is 11.0. The van der Waals surface area contributed by atoms with E-state index in [9.17, 15) is 19.6 Å². The molecule has 3 unspecified atom stereocenters.